The van der Waals surface area contributed by atoms with E-state index in [0.717, 1.165) is 25.0 Å². The van der Waals surface area contributed by atoms with Gasteiger partial charge in [-0.1, -0.05) is 0 Å². The Kier molecular flexibility index (Phi) is 6.13. The second-order valence-corrected chi connectivity index (χ2v) is 8.75. The minimum Gasteiger partial charge on any atom is -0.305 e. The summed E-state index contributed by atoms with van der Waals surface area (Å²) in [5.41, 5.74) is 1.47. The molecular weight excluding hydrogens is 302 g/mol. The van der Waals surface area contributed by atoms with Crippen molar-refractivity contribution in [3.8, 4) is 0 Å². The van der Waals surface area contributed by atoms with Crippen LogP contribution in [0.15, 0.2) is 11.4 Å². The number of rotatable bonds is 6. The Morgan fingerprint density at radius 3 is 2.52 bits per heavy atom. The minimum absolute atomic E-state index is 0.799. The van der Waals surface area contributed by atoms with Gasteiger partial charge in [-0.25, -0.2) is 0 Å². The molecule has 0 spiro atoms. The highest BCUT2D eigenvalue weighted by molar-refractivity contribution is 7.10. The molecule has 0 unspecified atom stereocenters. The number of hydrogen-bond acceptors (Lipinski definition) is 4. The first kappa shape index (κ1) is 17.4. The molecule has 2 aliphatic heterocycles. The van der Waals surface area contributed by atoms with Gasteiger partial charge in [-0.2, -0.15) is 0 Å². The molecule has 130 valence electrons. The molecule has 0 radical (unpaired) electrons. The van der Waals surface area contributed by atoms with Crippen molar-refractivity contribution < 1.29 is 0 Å². The van der Waals surface area contributed by atoms with Gasteiger partial charge in [0.25, 0.3) is 0 Å². The summed E-state index contributed by atoms with van der Waals surface area (Å²) in [4.78, 5) is 9.18. The van der Waals surface area contributed by atoms with Gasteiger partial charge in [0.05, 0.1) is 0 Å². The van der Waals surface area contributed by atoms with Crippen molar-refractivity contribution >= 4 is 11.3 Å². The lowest BCUT2D eigenvalue weighted by molar-refractivity contribution is 0.108. The first-order valence-electron chi connectivity index (χ1n) is 9.29. The number of nitrogens with zero attached hydrogens (tertiary/aromatic N) is 3. The number of hydrogen-bond donors (Lipinski definition) is 0. The van der Waals surface area contributed by atoms with Gasteiger partial charge in [-0.05, 0) is 95.8 Å². The number of thiophene rings is 1. The van der Waals surface area contributed by atoms with Crippen LogP contribution in [0.1, 0.15) is 43.0 Å². The molecule has 0 aromatic carbocycles. The lowest BCUT2D eigenvalue weighted by Crippen LogP contribution is -2.42. The van der Waals surface area contributed by atoms with Crippen LogP contribution in [0.4, 0.5) is 0 Å². The maximum Gasteiger partial charge on any atom is 0.0328 e. The van der Waals surface area contributed by atoms with Crippen LogP contribution in [-0.2, 0) is 13.1 Å². The highest BCUT2D eigenvalue weighted by atomic mass is 32.1. The van der Waals surface area contributed by atoms with Crippen molar-refractivity contribution in [3.63, 3.8) is 0 Å². The molecule has 3 nitrogen and oxygen atoms in total. The van der Waals surface area contributed by atoms with Gasteiger partial charge in [-0.15, -0.1) is 11.3 Å². The van der Waals surface area contributed by atoms with E-state index in [9.17, 15) is 0 Å². The monoisotopic (exact) mass is 335 g/mol. The topological polar surface area (TPSA) is 9.72 Å². The molecule has 0 bridgehead atoms. The molecule has 0 aliphatic carbocycles. The molecule has 1 atom stereocenters. The van der Waals surface area contributed by atoms with Crippen LogP contribution in [0, 0.1) is 5.92 Å². The van der Waals surface area contributed by atoms with Crippen molar-refractivity contribution in [2.75, 3.05) is 40.3 Å². The molecule has 3 heterocycles. The second kappa shape index (κ2) is 8.11. The van der Waals surface area contributed by atoms with Gasteiger partial charge in [0.2, 0.25) is 0 Å². The SMILES string of the molecule is C[C@H](C1CCN(Cc2cc(CN(C)C)cs2)CC1)N1CCCC1. The summed E-state index contributed by atoms with van der Waals surface area (Å²) in [7, 11) is 4.29. The fourth-order valence-corrected chi connectivity index (χ4v) is 5.14. The van der Waals surface area contributed by atoms with E-state index in [1.54, 1.807) is 0 Å². The minimum atomic E-state index is 0.799. The molecule has 23 heavy (non-hydrogen) atoms. The molecule has 1 aromatic rings. The van der Waals surface area contributed by atoms with E-state index >= 15 is 0 Å². The molecule has 4 heteroatoms. The Labute approximate surface area is 146 Å². The molecular formula is C19H33N3S. The van der Waals surface area contributed by atoms with Crippen molar-refractivity contribution in [2.45, 2.75) is 51.7 Å². The Hall–Kier alpha value is -0.420. The van der Waals surface area contributed by atoms with Crippen LogP contribution in [-0.4, -0.2) is 61.0 Å². The van der Waals surface area contributed by atoms with Gasteiger partial charge in [0.1, 0.15) is 0 Å². The lowest BCUT2D eigenvalue weighted by atomic mass is 9.89. The molecule has 0 saturated carbocycles. The summed E-state index contributed by atoms with van der Waals surface area (Å²) in [6.07, 6.45) is 5.59. The van der Waals surface area contributed by atoms with Gasteiger partial charge in [-0.3, -0.25) is 4.90 Å². The second-order valence-electron chi connectivity index (χ2n) is 7.76. The smallest absolute Gasteiger partial charge is 0.0328 e. The molecule has 0 amide bonds. The Morgan fingerprint density at radius 1 is 1.17 bits per heavy atom. The zero-order valence-electron chi connectivity index (χ0n) is 15.1. The van der Waals surface area contributed by atoms with Crippen LogP contribution < -0.4 is 0 Å². The van der Waals surface area contributed by atoms with Crippen LogP contribution in [0.5, 0.6) is 0 Å². The quantitative estimate of drug-likeness (QED) is 0.788. The van der Waals surface area contributed by atoms with Gasteiger partial charge < -0.3 is 9.80 Å². The number of piperidine rings is 1. The van der Waals surface area contributed by atoms with Crippen LogP contribution in [0.25, 0.3) is 0 Å². The normalized spacial score (nSPS) is 23.0. The van der Waals surface area contributed by atoms with E-state index in [0.29, 0.717) is 0 Å². The van der Waals surface area contributed by atoms with Gasteiger partial charge in [0, 0.05) is 24.0 Å². The first-order chi connectivity index (χ1) is 11.1. The number of likely N-dealkylation sites (tertiary alicyclic amines) is 2. The van der Waals surface area contributed by atoms with Crippen LogP contribution in [0.3, 0.4) is 0 Å². The highest BCUT2D eigenvalue weighted by Gasteiger charge is 2.28. The maximum absolute atomic E-state index is 2.73. The summed E-state index contributed by atoms with van der Waals surface area (Å²) in [6.45, 7) is 9.93. The molecule has 0 N–H and O–H groups in total. The summed E-state index contributed by atoms with van der Waals surface area (Å²) >= 11 is 1.94. The Morgan fingerprint density at radius 2 is 1.87 bits per heavy atom. The summed E-state index contributed by atoms with van der Waals surface area (Å²) in [5, 5.41) is 2.33. The zero-order valence-corrected chi connectivity index (χ0v) is 15.9. The average molecular weight is 336 g/mol. The van der Waals surface area contributed by atoms with E-state index in [1.165, 1.54) is 62.3 Å². The van der Waals surface area contributed by atoms with Gasteiger partial charge in [0.15, 0.2) is 0 Å². The predicted molar refractivity (Wildman–Crippen MR) is 100.0 cm³/mol. The lowest BCUT2D eigenvalue weighted by Gasteiger charge is -2.38. The third-order valence-corrected chi connectivity index (χ3v) is 6.59. The third-order valence-electron chi connectivity index (χ3n) is 5.62. The largest absolute Gasteiger partial charge is 0.305 e. The van der Waals surface area contributed by atoms with Crippen molar-refractivity contribution in [3.05, 3.63) is 21.9 Å². The molecule has 2 fully saturated rings. The fourth-order valence-electron chi connectivity index (χ4n) is 4.22. The molecule has 1 aromatic heterocycles. The van der Waals surface area contributed by atoms with Gasteiger partial charge >= 0.3 is 0 Å². The van der Waals surface area contributed by atoms with E-state index in [4.69, 9.17) is 0 Å². The Balaban J connectivity index is 1.44. The van der Waals surface area contributed by atoms with E-state index in [1.807, 2.05) is 11.3 Å². The van der Waals surface area contributed by atoms with Crippen LogP contribution in [0.2, 0.25) is 0 Å². The molecule has 2 aliphatic rings. The highest BCUT2D eigenvalue weighted by Crippen LogP contribution is 2.28. The maximum atomic E-state index is 2.73. The van der Waals surface area contributed by atoms with Crippen molar-refractivity contribution in [1.29, 1.82) is 0 Å². The first-order valence-corrected chi connectivity index (χ1v) is 10.2. The van der Waals surface area contributed by atoms with Crippen molar-refractivity contribution in [1.82, 2.24) is 14.7 Å². The van der Waals surface area contributed by atoms with E-state index in [2.05, 4.69) is 47.2 Å². The van der Waals surface area contributed by atoms with Crippen molar-refractivity contribution in [2.24, 2.45) is 5.92 Å². The van der Waals surface area contributed by atoms with E-state index in [-0.39, 0.29) is 0 Å². The van der Waals surface area contributed by atoms with Crippen LogP contribution >= 0.6 is 11.3 Å². The Bertz CT molecular complexity index is 471. The zero-order chi connectivity index (χ0) is 16.2. The summed E-state index contributed by atoms with van der Waals surface area (Å²) in [6, 6.07) is 3.21. The van der Waals surface area contributed by atoms with E-state index < -0.39 is 0 Å². The standard InChI is InChI=1S/C19H33N3S/c1-16(22-8-4-5-9-22)18-6-10-21(11-7-18)14-19-12-17(15-23-19)13-20(2)3/h12,15-16,18H,4-11,13-14H2,1-3H3/t16-/m1/s1. The predicted octanol–water partition coefficient (Wildman–Crippen LogP) is 3.51. The fraction of sp³-hybridized carbons (Fsp3) is 0.789. The summed E-state index contributed by atoms with van der Waals surface area (Å²) in [5.74, 6) is 0.914. The third kappa shape index (κ3) is 4.79. The average Bonchev–Trinajstić information content (AvgIpc) is 3.19. The summed E-state index contributed by atoms with van der Waals surface area (Å²) < 4.78 is 0. The molecule has 3 rings (SSSR count). The molecule has 2 saturated heterocycles.